The lowest BCUT2D eigenvalue weighted by atomic mass is 9.97. The highest BCUT2D eigenvalue weighted by Crippen LogP contribution is 2.26. The summed E-state index contributed by atoms with van der Waals surface area (Å²) in [4.78, 5) is 11.3. The van der Waals surface area contributed by atoms with Crippen LogP contribution in [-0.4, -0.2) is 5.78 Å². The first kappa shape index (κ1) is 10.3. The molecule has 70 valence electrons. The second kappa shape index (κ2) is 3.51. The van der Waals surface area contributed by atoms with E-state index in [1.165, 1.54) is 0 Å². The van der Waals surface area contributed by atoms with Crippen molar-refractivity contribution in [1.29, 1.82) is 0 Å². The van der Waals surface area contributed by atoms with Crippen molar-refractivity contribution in [3.63, 3.8) is 0 Å². The van der Waals surface area contributed by atoms with Crippen LogP contribution in [0.2, 0.25) is 5.02 Å². The summed E-state index contributed by atoms with van der Waals surface area (Å²) in [5.74, 6) is 0.0805. The van der Waals surface area contributed by atoms with Gasteiger partial charge in [0.1, 0.15) is 0 Å². The highest BCUT2D eigenvalue weighted by atomic mass is 35.5. The number of aryl methyl sites for hydroxylation is 2. The molecule has 0 amide bonds. The van der Waals surface area contributed by atoms with E-state index < -0.39 is 0 Å². The van der Waals surface area contributed by atoms with Gasteiger partial charge in [-0.15, -0.1) is 0 Å². The van der Waals surface area contributed by atoms with Gasteiger partial charge in [0, 0.05) is 10.6 Å². The van der Waals surface area contributed by atoms with Gasteiger partial charge in [0.15, 0.2) is 5.78 Å². The monoisotopic (exact) mass is 196 g/mol. The minimum atomic E-state index is 0.0805. The lowest BCUT2D eigenvalue weighted by Crippen LogP contribution is -2.01. The van der Waals surface area contributed by atoms with E-state index in [0.717, 1.165) is 22.3 Å². The molecule has 0 aromatic heterocycles. The molecule has 0 aliphatic heterocycles. The summed E-state index contributed by atoms with van der Waals surface area (Å²) in [6.07, 6.45) is 0. The van der Waals surface area contributed by atoms with E-state index in [-0.39, 0.29) is 5.78 Å². The summed E-state index contributed by atoms with van der Waals surface area (Å²) < 4.78 is 0. The first-order valence-electron chi connectivity index (χ1n) is 4.22. The van der Waals surface area contributed by atoms with Gasteiger partial charge in [0.05, 0.1) is 0 Å². The zero-order chi connectivity index (χ0) is 10.2. The summed E-state index contributed by atoms with van der Waals surface area (Å²) in [5.41, 5.74) is 3.69. The van der Waals surface area contributed by atoms with E-state index in [9.17, 15) is 4.79 Å². The number of carbonyl (C=O) groups is 1. The van der Waals surface area contributed by atoms with E-state index >= 15 is 0 Å². The number of halogens is 1. The fraction of sp³-hybridized carbons (Fsp3) is 0.364. The average Bonchev–Trinajstić information content (AvgIpc) is 1.99. The molecule has 0 bridgehead atoms. The number of benzene rings is 1. The molecule has 0 radical (unpaired) electrons. The van der Waals surface area contributed by atoms with E-state index in [4.69, 9.17) is 11.6 Å². The zero-order valence-corrected chi connectivity index (χ0v) is 9.12. The maximum absolute atomic E-state index is 11.3. The Bertz CT molecular complexity index is 367. The van der Waals surface area contributed by atoms with Crippen molar-refractivity contribution in [2.24, 2.45) is 0 Å². The number of hydrogen-bond donors (Lipinski definition) is 0. The van der Waals surface area contributed by atoms with Crippen molar-refractivity contribution in [3.8, 4) is 0 Å². The fourth-order valence-corrected chi connectivity index (χ4v) is 1.85. The van der Waals surface area contributed by atoms with Crippen LogP contribution >= 0.6 is 11.6 Å². The molecule has 0 N–H and O–H groups in total. The smallest absolute Gasteiger partial charge is 0.160 e. The maximum Gasteiger partial charge on any atom is 0.160 e. The van der Waals surface area contributed by atoms with Crippen molar-refractivity contribution >= 4 is 17.4 Å². The Hall–Kier alpha value is -0.820. The van der Waals surface area contributed by atoms with Crippen LogP contribution in [0.25, 0.3) is 0 Å². The second-order valence-electron chi connectivity index (χ2n) is 3.38. The van der Waals surface area contributed by atoms with Crippen LogP contribution in [0, 0.1) is 20.8 Å². The molecular weight excluding hydrogens is 184 g/mol. The van der Waals surface area contributed by atoms with Gasteiger partial charge in [-0.05, 0) is 44.4 Å². The number of hydrogen-bond acceptors (Lipinski definition) is 1. The van der Waals surface area contributed by atoms with Crippen LogP contribution in [0.15, 0.2) is 6.07 Å². The predicted molar refractivity (Wildman–Crippen MR) is 55.7 cm³/mol. The van der Waals surface area contributed by atoms with E-state index in [0.29, 0.717) is 5.02 Å². The Morgan fingerprint density at radius 3 is 2.23 bits per heavy atom. The van der Waals surface area contributed by atoms with Crippen molar-refractivity contribution in [2.45, 2.75) is 27.7 Å². The SMILES string of the molecule is CC(=O)c1c(C)cc(C)c(Cl)c1C. The summed E-state index contributed by atoms with van der Waals surface area (Å²) >= 11 is 6.05. The quantitative estimate of drug-likeness (QED) is 0.629. The van der Waals surface area contributed by atoms with E-state index in [2.05, 4.69) is 0 Å². The first-order chi connectivity index (χ1) is 5.95. The normalized spacial score (nSPS) is 10.2. The molecule has 2 heteroatoms. The maximum atomic E-state index is 11.3. The minimum Gasteiger partial charge on any atom is -0.294 e. The molecule has 1 nitrogen and oxygen atoms in total. The number of ketones is 1. The zero-order valence-electron chi connectivity index (χ0n) is 8.36. The van der Waals surface area contributed by atoms with Crippen molar-refractivity contribution in [1.82, 2.24) is 0 Å². The molecule has 0 atom stereocenters. The number of carbonyl (C=O) groups excluding carboxylic acids is 1. The third-order valence-electron chi connectivity index (χ3n) is 2.23. The lowest BCUT2D eigenvalue weighted by molar-refractivity contribution is 0.101. The lowest BCUT2D eigenvalue weighted by Gasteiger charge is -2.10. The molecule has 0 fully saturated rings. The van der Waals surface area contributed by atoms with Gasteiger partial charge in [-0.3, -0.25) is 4.79 Å². The highest BCUT2D eigenvalue weighted by Gasteiger charge is 2.12. The molecular formula is C11H13ClO. The molecule has 1 aromatic rings. The summed E-state index contributed by atoms with van der Waals surface area (Å²) in [6, 6.07) is 1.95. The first-order valence-corrected chi connectivity index (χ1v) is 4.60. The molecule has 1 aromatic carbocycles. The molecule has 0 saturated carbocycles. The second-order valence-corrected chi connectivity index (χ2v) is 3.76. The molecule has 0 spiro atoms. The summed E-state index contributed by atoms with van der Waals surface area (Å²) in [6.45, 7) is 7.35. The fourth-order valence-electron chi connectivity index (χ4n) is 1.70. The summed E-state index contributed by atoms with van der Waals surface area (Å²) in [7, 11) is 0. The van der Waals surface area contributed by atoms with Gasteiger partial charge < -0.3 is 0 Å². The number of Topliss-reactive ketones (excluding diaryl/α,β-unsaturated/α-hetero) is 1. The van der Waals surface area contributed by atoms with Crippen LogP contribution in [0.1, 0.15) is 34.0 Å². The van der Waals surface area contributed by atoms with Crippen molar-refractivity contribution < 1.29 is 4.79 Å². The average molecular weight is 197 g/mol. The van der Waals surface area contributed by atoms with Crippen molar-refractivity contribution in [3.05, 3.63) is 33.3 Å². The summed E-state index contributed by atoms with van der Waals surface area (Å²) in [5, 5.41) is 0.704. The van der Waals surface area contributed by atoms with Crippen LogP contribution in [-0.2, 0) is 0 Å². The molecule has 13 heavy (non-hydrogen) atoms. The number of rotatable bonds is 1. The van der Waals surface area contributed by atoms with Crippen LogP contribution in [0.3, 0.4) is 0 Å². The minimum absolute atomic E-state index is 0.0805. The van der Waals surface area contributed by atoms with Gasteiger partial charge in [-0.2, -0.15) is 0 Å². The third kappa shape index (κ3) is 1.75. The third-order valence-corrected chi connectivity index (χ3v) is 2.81. The Balaban J connectivity index is 3.53. The van der Waals surface area contributed by atoms with Crippen LogP contribution < -0.4 is 0 Å². The van der Waals surface area contributed by atoms with Gasteiger partial charge in [0.25, 0.3) is 0 Å². The predicted octanol–water partition coefficient (Wildman–Crippen LogP) is 3.47. The molecule has 1 rings (SSSR count). The van der Waals surface area contributed by atoms with E-state index in [1.807, 2.05) is 26.8 Å². The van der Waals surface area contributed by atoms with Crippen LogP contribution in [0.5, 0.6) is 0 Å². The largest absolute Gasteiger partial charge is 0.294 e. The Labute approximate surface area is 83.7 Å². The molecule has 0 unspecified atom stereocenters. The van der Waals surface area contributed by atoms with Gasteiger partial charge in [-0.1, -0.05) is 17.7 Å². The van der Waals surface area contributed by atoms with E-state index in [1.54, 1.807) is 6.92 Å². The van der Waals surface area contributed by atoms with Crippen molar-refractivity contribution in [2.75, 3.05) is 0 Å². The standard InChI is InChI=1S/C11H13ClO/c1-6-5-7(2)11(12)8(3)10(6)9(4)13/h5H,1-4H3. The molecule has 0 aliphatic carbocycles. The Morgan fingerprint density at radius 2 is 1.77 bits per heavy atom. The highest BCUT2D eigenvalue weighted by molar-refractivity contribution is 6.32. The van der Waals surface area contributed by atoms with Crippen LogP contribution in [0.4, 0.5) is 0 Å². The topological polar surface area (TPSA) is 17.1 Å². The Morgan fingerprint density at radius 1 is 1.23 bits per heavy atom. The molecule has 0 aliphatic rings. The van der Waals surface area contributed by atoms with Gasteiger partial charge >= 0.3 is 0 Å². The Kier molecular flexibility index (Phi) is 2.77. The van der Waals surface area contributed by atoms with Gasteiger partial charge in [0.2, 0.25) is 0 Å². The van der Waals surface area contributed by atoms with Gasteiger partial charge in [-0.25, -0.2) is 0 Å². The molecule has 0 heterocycles. The molecule has 0 saturated heterocycles.